The second kappa shape index (κ2) is 6.10. The van der Waals surface area contributed by atoms with Gasteiger partial charge in [-0.1, -0.05) is 6.07 Å². The highest BCUT2D eigenvalue weighted by Crippen LogP contribution is 2.30. The van der Waals surface area contributed by atoms with Gasteiger partial charge in [0.2, 0.25) is 0 Å². The lowest BCUT2D eigenvalue weighted by molar-refractivity contribution is -0.0877. The summed E-state index contributed by atoms with van der Waals surface area (Å²) in [5.74, 6) is -1.78. The average molecular weight is 323 g/mol. The molecule has 8 heteroatoms. The van der Waals surface area contributed by atoms with Crippen LogP contribution < -0.4 is 0 Å². The van der Waals surface area contributed by atoms with Crippen LogP contribution >= 0.6 is 0 Å². The van der Waals surface area contributed by atoms with Crippen LogP contribution in [0.4, 0.5) is 13.6 Å². The summed E-state index contributed by atoms with van der Waals surface area (Å²) < 4.78 is 33.3. The maximum Gasteiger partial charge on any atom is 0.407 e. The molecule has 122 valence electrons. The zero-order valence-electron chi connectivity index (χ0n) is 12.2. The fourth-order valence-electron chi connectivity index (χ4n) is 3.07. The molecule has 2 fully saturated rings. The number of carbonyl (C=O) groups is 1. The largest absolute Gasteiger partial charge is 0.465 e. The fourth-order valence-corrected chi connectivity index (χ4v) is 3.07. The van der Waals surface area contributed by atoms with E-state index in [1.165, 1.54) is 17.0 Å². The van der Waals surface area contributed by atoms with E-state index in [2.05, 4.69) is 0 Å². The SMILES string of the molecule is N#Cc1c(F)ccc([C@@H]2CN3CCN(C(=O)O)C[C@H]3CO2)c1F. The molecule has 0 aliphatic carbocycles. The van der Waals surface area contributed by atoms with Crippen LogP contribution in [0.15, 0.2) is 12.1 Å². The van der Waals surface area contributed by atoms with E-state index in [1.54, 1.807) is 0 Å². The summed E-state index contributed by atoms with van der Waals surface area (Å²) >= 11 is 0. The number of amides is 1. The molecular weight excluding hydrogens is 308 g/mol. The molecule has 3 rings (SSSR count). The van der Waals surface area contributed by atoms with Crippen molar-refractivity contribution in [3.63, 3.8) is 0 Å². The van der Waals surface area contributed by atoms with Crippen molar-refractivity contribution in [2.75, 3.05) is 32.8 Å². The molecule has 1 aromatic carbocycles. The summed E-state index contributed by atoms with van der Waals surface area (Å²) in [6.45, 7) is 1.90. The van der Waals surface area contributed by atoms with Gasteiger partial charge in [-0.05, 0) is 6.07 Å². The van der Waals surface area contributed by atoms with Crippen LogP contribution in [0.25, 0.3) is 0 Å². The quantitative estimate of drug-likeness (QED) is 0.849. The molecule has 2 saturated heterocycles. The van der Waals surface area contributed by atoms with Gasteiger partial charge >= 0.3 is 6.09 Å². The molecule has 2 aliphatic heterocycles. The number of piperazine rings is 1. The van der Waals surface area contributed by atoms with Gasteiger partial charge in [-0.2, -0.15) is 5.26 Å². The van der Waals surface area contributed by atoms with Crippen molar-refractivity contribution in [3.05, 3.63) is 34.9 Å². The first kappa shape index (κ1) is 15.6. The van der Waals surface area contributed by atoms with Crippen molar-refractivity contribution >= 4 is 6.09 Å². The molecule has 6 nitrogen and oxygen atoms in total. The Labute approximate surface area is 131 Å². The molecule has 0 bridgehead atoms. The lowest BCUT2D eigenvalue weighted by Crippen LogP contribution is -2.59. The summed E-state index contributed by atoms with van der Waals surface area (Å²) in [7, 11) is 0. The number of hydrogen-bond acceptors (Lipinski definition) is 4. The number of benzene rings is 1. The summed E-state index contributed by atoms with van der Waals surface area (Å²) in [6, 6.07) is 3.81. The number of halogens is 2. The summed E-state index contributed by atoms with van der Waals surface area (Å²) in [6.07, 6.45) is -1.56. The molecule has 1 amide bonds. The lowest BCUT2D eigenvalue weighted by atomic mass is 10.0. The van der Waals surface area contributed by atoms with E-state index in [9.17, 15) is 13.6 Å². The summed E-state index contributed by atoms with van der Waals surface area (Å²) in [5, 5.41) is 17.9. The molecule has 23 heavy (non-hydrogen) atoms. The molecule has 0 unspecified atom stereocenters. The first-order chi connectivity index (χ1) is 11.0. The van der Waals surface area contributed by atoms with Gasteiger partial charge in [-0.15, -0.1) is 0 Å². The van der Waals surface area contributed by atoms with Crippen LogP contribution in [0.1, 0.15) is 17.2 Å². The second-order valence-electron chi connectivity index (χ2n) is 5.64. The van der Waals surface area contributed by atoms with Crippen molar-refractivity contribution in [2.24, 2.45) is 0 Å². The standard InChI is InChI=1S/C15H15F2N3O3/c16-12-2-1-10(14(17)11(12)5-18)13-7-19-3-4-20(15(21)22)6-9(19)8-23-13/h1-2,9,13H,3-4,6-8H2,(H,21,22)/t9-,13-/m0/s1. The molecular formula is C15H15F2N3O3. The van der Waals surface area contributed by atoms with Crippen LogP contribution in [0.5, 0.6) is 0 Å². The van der Waals surface area contributed by atoms with Gasteiger partial charge in [0.15, 0.2) is 0 Å². The fraction of sp³-hybridized carbons (Fsp3) is 0.467. The van der Waals surface area contributed by atoms with Crippen molar-refractivity contribution in [2.45, 2.75) is 12.1 Å². The van der Waals surface area contributed by atoms with E-state index in [0.29, 0.717) is 26.2 Å². The molecule has 2 aliphatic rings. The third-order valence-electron chi connectivity index (χ3n) is 4.34. The number of nitriles is 1. The molecule has 0 saturated carbocycles. The van der Waals surface area contributed by atoms with Gasteiger partial charge in [-0.25, -0.2) is 13.6 Å². The van der Waals surface area contributed by atoms with Gasteiger partial charge in [0, 0.05) is 31.7 Å². The van der Waals surface area contributed by atoms with E-state index in [-0.39, 0.29) is 18.2 Å². The zero-order valence-corrected chi connectivity index (χ0v) is 12.2. The Morgan fingerprint density at radius 1 is 1.35 bits per heavy atom. The van der Waals surface area contributed by atoms with Crippen LogP contribution in [-0.2, 0) is 4.74 Å². The highest BCUT2D eigenvalue weighted by atomic mass is 19.1. The average Bonchev–Trinajstić information content (AvgIpc) is 2.54. The molecule has 0 spiro atoms. The Morgan fingerprint density at radius 2 is 2.13 bits per heavy atom. The van der Waals surface area contributed by atoms with E-state index in [4.69, 9.17) is 15.1 Å². The maximum atomic E-state index is 14.3. The predicted molar refractivity (Wildman–Crippen MR) is 74.7 cm³/mol. The Bertz CT molecular complexity index is 677. The smallest absolute Gasteiger partial charge is 0.407 e. The van der Waals surface area contributed by atoms with E-state index < -0.39 is 29.4 Å². The third-order valence-corrected chi connectivity index (χ3v) is 4.34. The Kier molecular flexibility index (Phi) is 4.15. The first-order valence-corrected chi connectivity index (χ1v) is 7.22. The first-order valence-electron chi connectivity index (χ1n) is 7.22. The second-order valence-corrected chi connectivity index (χ2v) is 5.64. The lowest BCUT2D eigenvalue weighted by Gasteiger charge is -2.45. The van der Waals surface area contributed by atoms with Crippen LogP contribution in [0.3, 0.4) is 0 Å². The normalized spacial score (nSPS) is 24.8. The number of carboxylic acid groups (broad SMARTS) is 1. The van der Waals surface area contributed by atoms with Gasteiger partial charge in [-0.3, -0.25) is 4.90 Å². The summed E-state index contributed by atoms with van der Waals surface area (Å²) in [4.78, 5) is 14.4. The molecule has 2 heterocycles. The molecule has 0 radical (unpaired) electrons. The number of morpholine rings is 1. The number of nitrogens with zero attached hydrogens (tertiary/aromatic N) is 3. The Morgan fingerprint density at radius 3 is 2.83 bits per heavy atom. The number of rotatable bonds is 1. The molecule has 2 atom stereocenters. The van der Waals surface area contributed by atoms with Crippen molar-refractivity contribution in [1.82, 2.24) is 9.80 Å². The number of hydrogen-bond donors (Lipinski definition) is 1. The van der Waals surface area contributed by atoms with Gasteiger partial charge in [0.25, 0.3) is 0 Å². The minimum Gasteiger partial charge on any atom is -0.465 e. The summed E-state index contributed by atoms with van der Waals surface area (Å²) in [5.41, 5.74) is -0.453. The van der Waals surface area contributed by atoms with Crippen LogP contribution in [0.2, 0.25) is 0 Å². The number of fused-ring (bicyclic) bond motifs is 1. The van der Waals surface area contributed by atoms with Crippen LogP contribution in [-0.4, -0.2) is 59.8 Å². The predicted octanol–water partition coefficient (Wildman–Crippen LogP) is 1.57. The van der Waals surface area contributed by atoms with Gasteiger partial charge < -0.3 is 14.7 Å². The van der Waals surface area contributed by atoms with Gasteiger partial charge in [0.1, 0.15) is 23.3 Å². The zero-order chi connectivity index (χ0) is 16.6. The van der Waals surface area contributed by atoms with E-state index in [0.717, 1.165) is 6.07 Å². The van der Waals surface area contributed by atoms with Crippen molar-refractivity contribution < 1.29 is 23.4 Å². The minimum atomic E-state index is -0.963. The monoisotopic (exact) mass is 323 g/mol. The third kappa shape index (κ3) is 2.85. The van der Waals surface area contributed by atoms with Gasteiger partial charge in [0.05, 0.1) is 18.8 Å². The van der Waals surface area contributed by atoms with E-state index in [1.807, 2.05) is 4.90 Å². The van der Waals surface area contributed by atoms with Crippen molar-refractivity contribution in [1.29, 1.82) is 5.26 Å². The number of ether oxygens (including phenoxy) is 1. The van der Waals surface area contributed by atoms with Crippen LogP contribution in [0, 0.1) is 23.0 Å². The highest BCUT2D eigenvalue weighted by molar-refractivity contribution is 5.65. The molecule has 1 N–H and O–H groups in total. The van der Waals surface area contributed by atoms with Crippen molar-refractivity contribution in [3.8, 4) is 6.07 Å². The highest BCUT2D eigenvalue weighted by Gasteiger charge is 2.36. The topological polar surface area (TPSA) is 76.8 Å². The molecule has 0 aromatic heterocycles. The Balaban J connectivity index is 1.77. The molecule has 1 aromatic rings. The maximum absolute atomic E-state index is 14.3. The van der Waals surface area contributed by atoms with E-state index >= 15 is 0 Å². The minimum absolute atomic E-state index is 0.0740. The Hall–Kier alpha value is -2.24.